The highest BCUT2D eigenvalue weighted by atomic mass is 16.3. The summed E-state index contributed by atoms with van der Waals surface area (Å²) in [6.07, 6.45) is 10.1. The number of aliphatic hydroxyl groups is 2. The molecule has 0 saturated carbocycles. The maximum atomic E-state index is 10.1. The Morgan fingerprint density at radius 3 is 1.91 bits per heavy atom. The standard InChI is InChI=1S/C20H34O2/c1-3-4-5-6-7-8-9-10-11-19(21)20(22)16-18-14-12-17(2)13-15-18/h12-15,19-22H,3-11,16H2,1-2H3. The predicted octanol–water partition coefficient (Wildman–Crippen LogP) is 4.79. The van der Waals surface area contributed by atoms with Crippen molar-refractivity contribution in [3.05, 3.63) is 35.4 Å². The number of hydrogen-bond acceptors (Lipinski definition) is 2. The van der Waals surface area contributed by atoms with Crippen LogP contribution in [0.4, 0.5) is 0 Å². The third-order valence-electron chi connectivity index (χ3n) is 4.36. The van der Waals surface area contributed by atoms with Crippen LogP contribution in [-0.2, 0) is 6.42 Å². The van der Waals surface area contributed by atoms with Gasteiger partial charge in [0.05, 0.1) is 12.2 Å². The fourth-order valence-electron chi connectivity index (χ4n) is 2.78. The van der Waals surface area contributed by atoms with Gasteiger partial charge in [0.1, 0.15) is 0 Å². The minimum absolute atomic E-state index is 0.540. The Hall–Kier alpha value is -0.860. The van der Waals surface area contributed by atoms with E-state index in [0.717, 1.165) is 12.0 Å². The number of aliphatic hydroxyl groups excluding tert-OH is 2. The third-order valence-corrected chi connectivity index (χ3v) is 4.36. The van der Waals surface area contributed by atoms with E-state index in [0.29, 0.717) is 12.8 Å². The second-order valence-electron chi connectivity index (χ2n) is 6.59. The zero-order valence-corrected chi connectivity index (χ0v) is 14.4. The molecular formula is C20H34O2. The lowest BCUT2D eigenvalue weighted by Crippen LogP contribution is -2.27. The summed E-state index contributed by atoms with van der Waals surface area (Å²) in [4.78, 5) is 0. The average molecular weight is 306 g/mol. The van der Waals surface area contributed by atoms with Gasteiger partial charge in [-0.3, -0.25) is 0 Å². The Kier molecular flexibility index (Phi) is 10.2. The normalized spacial score (nSPS) is 14.0. The minimum Gasteiger partial charge on any atom is -0.390 e. The van der Waals surface area contributed by atoms with Crippen LogP contribution in [0.15, 0.2) is 24.3 Å². The van der Waals surface area contributed by atoms with Gasteiger partial charge in [-0.2, -0.15) is 0 Å². The van der Waals surface area contributed by atoms with Crippen molar-refractivity contribution in [3.63, 3.8) is 0 Å². The fourth-order valence-corrected chi connectivity index (χ4v) is 2.78. The van der Waals surface area contributed by atoms with Crippen molar-refractivity contribution in [1.29, 1.82) is 0 Å². The Labute approximate surface area is 136 Å². The Balaban J connectivity index is 2.08. The molecule has 0 bridgehead atoms. The van der Waals surface area contributed by atoms with Gasteiger partial charge >= 0.3 is 0 Å². The minimum atomic E-state index is -0.646. The van der Waals surface area contributed by atoms with Crippen LogP contribution < -0.4 is 0 Å². The third kappa shape index (κ3) is 8.55. The highest BCUT2D eigenvalue weighted by Gasteiger charge is 2.16. The molecule has 0 aliphatic heterocycles. The molecule has 2 heteroatoms. The van der Waals surface area contributed by atoms with Crippen molar-refractivity contribution in [2.24, 2.45) is 0 Å². The van der Waals surface area contributed by atoms with Crippen molar-refractivity contribution < 1.29 is 10.2 Å². The van der Waals surface area contributed by atoms with Gasteiger partial charge in [-0.15, -0.1) is 0 Å². The quantitative estimate of drug-likeness (QED) is 0.545. The van der Waals surface area contributed by atoms with E-state index in [4.69, 9.17) is 0 Å². The van der Waals surface area contributed by atoms with Crippen LogP contribution in [0.1, 0.15) is 75.8 Å². The fraction of sp³-hybridized carbons (Fsp3) is 0.700. The second-order valence-corrected chi connectivity index (χ2v) is 6.59. The van der Waals surface area contributed by atoms with E-state index >= 15 is 0 Å². The summed E-state index contributed by atoms with van der Waals surface area (Å²) in [6.45, 7) is 4.29. The second kappa shape index (κ2) is 11.7. The molecule has 0 aliphatic carbocycles. The summed E-state index contributed by atoms with van der Waals surface area (Å²) < 4.78 is 0. The van der Waals surface area contributed by atoms with Crippen molar-refractivity contribution in [2.45, 2.75) is 90.3 Å². The molecule has 1 aromatic carbocycles. The molecule has 0 saturated heterocycles. The van der Waals surface area contributed by atoms with E-state index in [-0.39, 0.29) is 0 Å². The number of benzene rings is 1. The van der Waals surface area contributed by atoms with Crippen LogP contribution >= 0.6 is 0 Å². The van der Waals surface area contributed by atoms with E-state index in [1.807, 2.05) is 24.3 Å². The van der Waals surface area contributed by atoms with E-state index in [2.05, 4.69) is 13.8 Å². The van der Waals surface area contributed by atoms with Crippen LogP contribution in [0.3, 0.4) is 0 Å². The van der Waals surface area contributed by atoms with Crippen molar-refractivity contribution in [1.82, 2.24) is 0 Å². The molecule has 0 radical (unpaired) electrons. The van der Waals surface area contributed by atoms with Crippen LogP contribution in [-0.4, -0.2) is 22.4 Å². The lowest BCUT2D eigenvalue weighted by molar-refractivity contribution is 0.0137. The van der Waals surface area contributed by atoms with Gasteiger partial charge in [-0.05, 0) is 18.9 Å². The molecule has 1 aromatic rings. The van der Waals surface area contributed by atoms with Gasteiger partial charge in [-0.25, -0.2) is 0 Å². The molecule has 2 N–H and O–H groups in total. The maximum Gasteiger partial charge on any atom is 0.0839 e. The first kappa shape index (κ1) is 19.2. The van der Waals surface area contributed by atoms with E-state index in [9.17, 15) is 10.2 Å². The molecule has 0 amide bonds. The van der Waals surface area contributed by atoms with Crippen molar-refractivity contribution in [2.75, 3.05) is 0 Å². The van der Waals surface area contributed by atoms with Gasteiger partial charge < -0.3 is 10.2 Å². The average Bonchev–Trinajstić information content (AvgIpc) is 2.52. The van der Waals surface area contributed by atoms with Gasteiger partial charge in [0, 0.05) is 6.42 Å². The summed E-state index contributed by atoms with van der Waals surface area (Å²) in [5.74, 6) is 0. The first-order chi connectivity index (χ1) is 10.6. The maximum absolute atomic E-state index is 10.1. The number of rotatable bonds is 12. The summed E-state index contributed by atoms with van der Waals surface area (Å²) >= 11 is 0. The van der Waals surface area contributed by atoms with Crippen LogP contribution in [0.25, 0.3) is 0 Å². The van der Waals surface area contributed by atoms with Crippen molar-refractivity contribution >= 4 is 0 Å². The zero-order chi connectivity index (χ0) is 16.2. The molecule has 22 heavy (non-hydrogen) atoms. The van der Waals surface area contributed by atoms with Crippen LogP contribution in [0, 0.1) is 6.92 Å². The molecule has 0 aromatic heterocycles. The molecule has 126 valence electrons. The number of unbranched alkanes of at least 4 members (excludes halogenated alkanes) is 7. The van der Waals surface area contributed by atoms with E-state index in [1.54, 1.807) is 0 Å². The molecule has 1 rings (SSSR count). The number of hydrogen-bond donors (Lipinski definition) is 2. The molecule has 0 aliphatic rings. The smallest absolute Gasteiger partial charge is 0.0839 e. The lowest BCUT2D eigenvalue weighted by atomic mass is 9.98. The molecular weight excluding hydrogens is 272 g/mol. The van der Waals surface area contributed by atoms with E-state index in [1.165, 1.54) is 50.5 Å². The van der Waals surface area contributed by atoms with Crippen molar-refractivity contribution in [3.8, 4) is 0 Å². The topological polar surface area (TPSA) is 40.5 Å². The summed E-state index contributed by atoms with van der Waals surface area (Å²) in [6, 6.07) is 8.16. The molecule has 2 nitrogen and oxygen atoms in total. The first-order valence-corrected chi connectivity index (χ1v) is 9.05. The van der Waals surface area contributed by atoms with Crippen LogP contribution in [0.2, 0.25) is 0 Å². The SMILES string of the molecule is CCCCCCCCCCC(O)C(O)Cc1ccc(C)cc1. The van der Waals surface area contributed by atoms with Gasteiger partial charge in [0.2, 0.25) is 0 Å². The molecule has 0 fully saturated rings. The van der Waals surface area contributed by atoms with Gasteiger partial charge in [-0.1, -0.05) is 88.1 Å². The van der Waals surface area contributed by atoms with Crippen LogP contribution in [0.5, 0.6) is 0 Å². The highest BCUT2D eigenvalue weighted by Crippen LogP contribution is 2.14. The predicted molar refractivity (Wildman–Crippen MR) is 94.1 cm³/mol. The molecule has 0 spiro atoms. The molecule has 2 unspecified atom stereocenters. The lowest BCUT2D eigenvalue weighted by Gasteiger charge is -2.18. The summed E-state index contributed by atoms with van der Waals surface area (Å²) in [5.41, 5.74) is 2.31. The van der Waals surface area contributed by atoms with E-state index < -0.39 is 12.2 Å². The Morgan fingerprint density at radius 1 is 0.773 bits per heavy atom. The number of aryl methyl sites for hydroxylation is 1. The van der Waals surface area contributed by atoms with Gasteiger partial charge in [0.25, 0.3) is 0 Å². The molecule has 0 heterocycles. The van der Waals surface area contributed by atoms with Gasteiger partial charge in [0.15, 0.2) is 0 Å². The largest absolute Gasteiger partial charge is 0.390 e. The summed E-state index contributed by atoms with van der Waals surface area (Å²) in [5, 5.41) is 20.1. The molecule has 2 atom stereocenters. The monoisotopic (exact) mass is 306 g/mol. The summed E-state index contributed by atoms with van der Waals surface area (Å²) in [7, 11) is 0. The highest BCUT2D eigenvalue weighted by molar-refractivity contribution is 5.21. The zero-order valence-electron chi connectivity index (χ0n) is 14.4. The Bertz CT molecular complexity index is 372. The first-order valence-electron chi connectivity index (χ1n) is 9.05. The Morgan fingerprint density at radius 2 is 1.32 bits per heavy atom.